The van der Waals surface area contributed by atoms with Crippen molar-refractivity contribution in [3.63, 3.8) is 0 Å². The zero-order valence-electron chi connectivity index (χ0n) is 19.8. The zero-order chi connectivity index (χ0) is 23.1. The maximum atomic E-state index is 12.8. The van der Waals surface area contributed by atoms with Gasteiger partial charge in [-0.25, -0.2) is 0 Å². The number of methoxy groups -OCH3 is 1. The predicted molar refractivity (Wildman–Crippen MR) is 127 cm³/mol. The van der Waals surface area contributed by atoms with Crippen molar-refractivity contribution in [1.82, 2.24) is 24.9 Å². The number of hydrogen-bond donors (Lipinski definition) is 1. The highest BCUT2D eigenvalue weighted by Gasteiger charge is 2.28. The van der Waals surface area contributed by atoms with Gasteiger partial charge in [-0.3, -0.25) is 19.4 Å². The number of aryl methyl sites for hydroxylation is 1. The molecule has 1 unspecified atom stereocenters. The number of anilines is 1. The molecule has 1 aliphatic rings. The molecule has 3 rings (SSSR count). The van der Waals surface area contributed by atoms with Crippen LogP contribution in [0.15, 0.2) is 41.7 Å². The first-order valence-electron chi connectivity index (χ1n) is 11.1. The third-order valence-electron chi connectivity index (χ3n) is 5.92. The van der Waals surface area contributed by atoms with Crippen LogP contribution in [0.1, 0.15) is 25.5 Å². The van der Waals surface area contributed by atoms with Crippen LogP contribution in [-0.4, -0.2) is 84.9 Å². The van der Waals surface area contributed by atoms with E-state index in [2.05, 4.69) is 46.3 Å². The summed E-state index contributed by atoms with van der Waals surface area (Å²) in [6.07, 6.45) is 3.59. The fourth-order valence-corrected chi connectivity index (χ4v) is 4.17. The molecule has 0 saturated carbocycles. The molecule has 9 heteroatoms. The molecule has 32 heavy (non-hydrogen) atoms. The Labute approximate surface area is 190 Å². The maximum Gasteiger partial charge on any atom is 0.246 e. The van der Waals surface area contributed by atoms with E-state index in [-0.39, 0.29) is 18.5 Å². The summed E-state index contributed by atoms with van der Waals surface area (Å²) in [5.74, 6) is 1.63. The van der Waals surface area contributed by atoms with Gasteiger partial charge in [0, 0.05) is 39.9 Å². The molecule has 1 saturated heterocycles. The van der Waals surface area contributed by atoms with E-state index >= 15 is 0 Å². The third kappa shape index (κ3) is 5.40. The normalized spacial score (nSPS) is 15.9. The summed E-state index contributed by atoms with van der Waals surface area (Å²) in [5.41, 5.74) is 2.02. The van der Waals surface area contributed by atoms with E-state index in [1.165, 1.54) is 5.56 Å². The second-order valence-corrected chi connectivity index (χ2v) is 7.78. The molecule has 2 heterocycles. The Balaban J connectivity index is 1.69. The number of aromatic nitrogens is 2. The van der Waals surface area contributed by atoms with Gasteiger partial charge >= 0.3 is 0 Å². The first kappa shape index (κ1) is 23.6. The first-order valence-corrected chi connectivity index (χ1v) is 11.1. The number of hydrogen-bond acceptors (Lipinski definition) is 5. The van der Waals surface area contributed by atoms with Crippen molar-refractivity contribution in [3.05, 3.63) is 42.2 Å². The first-order chi connectivity index (χ1) is 15.5. The van der Waals surface area contributed by atoms with Crippen molar-refractivity contribution >= 4 is 17.6 Å². The van der Waals surface area contributed by atoms with Crippen LogP contribution in [0.2, 0.25) is 0 Å². The molecule has 1 aromatic heterocycles. The molecule has 1 aliphatic heterocycles. The Kier molecular flexibility index (Phi) is 8.10. The molecule has 0 radical (unpaired) electrons. The predicted octanol–water partition coefficient (Wildman–Crippen LogP) is 1.74. The number of carbonyl (C=O) groups excluding carboxylic acids is 1. The number of ether oxygens (including phenoxy) is 1. The van der Waals surface area contributed by atoms with Gasteiger partial charge in [-0.05, 0) is 30.8 Å². The average Bonchev–Trinajstić information content (AvgIpc) is 3.24. The Morgan fingerprint density at radius 1 is 1.31 bits per heavy atom. The van der Waals surface area contributed by atoms with Gasteiger partial charge in [0.1, 0.15) is 12.3 Å². The maximum absolute atomic E-state index is 12.8. The Hall–Kier alpha value is -3.07. The van der Waals surface area contributed by atoms with E-state index in [4.69, 9.17) is 4.74 Å². The van der Waals surface area contributed by atoms with Crippen molar-refractivity contribution < 1.29 is 9.53 Å². The number of amides is 1. The molecule has 1 fully saturated rings. The molecular weight excluding hydrogens is 406 g/mol. The number of piperazine rings is 1. The molecule has 0 spiro atoms. The molecule has 1 atom stereocenters. The SMILES string of the molecule is CCN(CC)C(CNC(=NC)N1CCN(c2cnn(C)c2)C(=O)C1)c1cccc(OC)c1. The lowest BCUT2D eigenvalue weighted by atomic mass is 10.0. The summed E-state index contributed by atoms with van der Waals surface area (Å²) in [6.45, 7) is 8.46. The molecule has 0 aliphatic carbocycles. The van der Waals surface area contributed by atoms with Gasteiger partial charge < -0.3 is 19.9 Å². The van der Waals surface area contributed by atoms with Crippen LogP contribution >= 0.6 is 0 Å². The van der Waals surface area contributed by atoms with E-state index in [0.29, 0.717) is 19.6 Å². The topological polar surface area (TPSA) is 78.2 Å². The zero-order valence-corrected chi connectivity index (χ0v) is 19.8. The van der Waals surface area contributed by atoms with Gasteiger partial charge in [0.15, 0.2) is 5.96 Å². The molecule has 1 aromatic carbocycles. The van der Waals surface area contributed by atoms with Crippen molar-refractivity contribution in [2.75, 3.05) is 58.3 Å². The Morgan fingerprint density at radius 3 is 2.69 bits per heavy atom. The van der Waals surface area contributed by atoms with E-state index in [1.54, 1.807) is 29.9 Å². The van der Waals surface area contributed by atoms with Gasteiger partial charge in [-0.1, -0.05) is 26.0 Å². The van der Waals surface area contributed by atoms with Crippen molar-refractivity contribution in [2.24, 2.45) is 12.0 Å². The van der Waals surface area contributed by atoms with Crippen molar-refractivity contribution in [1.29, 1.82) is 0 Å². The molecule has 1 N–H and O–H groups in total. The molecule has 1 amide bonds. The van der Waals surface area contributed by atoms with Crippen LogP contribution in [0.25, 0.3) is 0 Å². The fourth-order valence-electron chi connectivity index (χ4n) is 4.17. The largest absolute Gasteiger partial charge is 0.497 e. The molecule has 9 nitrogen and oxygen atoms in total. The fraction of sp³-hybridized carbons (Fsp3) is 0.522. The number of benzene rings is 1. The highest BCUT2D eigenvalue weighted by atomic mass is 16.5. The summed E-state index contributed by atoms with van der Waals surface area (Å²) >= 11 is 0. The molecule has 0 bridgehead atoms. The summed E-state index contributed by atoms with van der Waals surface area (Å²) in [4.78, 5) is 23.5. The molecular formula is C23H35N7O2. The average molecular weight is 442 g/mol. The van der Waals surface area contributed by atoms with Crippen LogP contribution < -0.4 is 15.0 Å². The van der Waals surface area contributed by atoms with Crippen LogP contribution in [0.3, 0.4) is 0 Å². The van der Waals surface area contributed by atoms with Gasteiger partial charge in [0.2, 0.25) is 5.91 Å². The summed E-state index contributed by atoms with van der Waals surface area (Å²) < 4.78 is 7.14. The van der Waals surface area contributed by atoms with Gasteiger partial charge in [-0.15, -0.1) is 0 Å². The van der Waals surface area contributed by atoms with E-state index in [1.807, 2.05) is 30.3 Å². The summed E-state index contributed by atoms with van der Waals surface area (Å²) in [7, 11) is 5.30. The minimum atomic E-state index is 0.0419. The van der Waals surface area contributed by atoms with Crippen molar-refractivity contribution in [3.8, 4) is 5.75 Å². The van der Waals surface area contributed by atoms with Gasteiger partial charge in [0.25, 0.3) is 0 Å². The number of carbonyl (C=O) groups is 1. The summed E-state index contributed by atoms with van der Waals surface area (Å²) in [6, 6.07) is 8.36. The second kappa shape index (κ2) is 11.0. The van der Waals surface area contributed by atoms with Crippen LogP contribution in [0.5, 0.6) is 5.75 Å². The van der Waals surface area contributed by atoms with E-state index in [9.17, 15) is 4.79 Å². The Morgan fingerprint density at radius 2 is 2.09 bits per heavy atom. The number of aliphatic imine (C=N–C) groups is 1. The monoisotopic (exact) mass is 441 g/mol. The van der Waals surface area contributed by atoms with Crippen LogP contribution in [0, 0.1) is 0 Å². The highest BCUT2D eigenvalue weighted by molar-refractivity contribution is 5.98. The quantitative estimate of drug-likeness (QED) is 0.497. The van der Waals surface area contributed by atoms with Gasteiger partial charge in [-0.2, -0.15) is 5.10 Å². The number of likely N-dealkylation sites (N-methyl/N-ethyl adjacent to an activating group) is 1. The number of nitrogens with zero attached hydrogens (tertiary/aromatic N) is 6. The smallest absolute Gasteiger partial charge is 0.246 e. The lowest BCUT2D eigenvalue weighted by molar-refractivity contribution is -0.120. The lowest BCUT2D eigenvalue weighted by Gasteiger charge is -2.36. The number of rotatable bonds is 8. The third-order valence-corrected chi connectivity index (χ3v) is 5.92. The van der Waals surface area contributed by atoms with Crippen LogP contribution in [0.4, 0.5) is 5.69 Å². The molecule has 2 aromatic rings. The van der Waals surface area contributed by atoms with E-state index < -0.39 is 0 Å². The van der Waals surface area contributed by atoms with Gasteiger partial charge in [0.05, 0.1) is 25.0 Å². The molecule has 174 valence electrons. The Bertz CT molecular complexity index is 923. The lowest BCUT2D eigenvalue weighted by Crippen LogP contribution is -2.56. The second-order valence-electron chi connectivity index (χ2n) is 7.78. The van der Waals surface area contributed by atoms with Crippen molar-refractivity contribution in [2.45, 2.75) is 19.9 Å². The number of nitrogens with one attached hydrogen (secondary N) is 1. The van der Waals surface area contributed by atoms with E-state index in [0.717, 1.165) is 30.5 Å². The minimum Gasteiger partial charge on any atom is -0.497 e. The highest BCUT2D eigenvalue weighted by Crippen LogP contribution is 2.24. The standard InChI is InChI=1S/C23H35N7O2/c1-6-28(7-2)21(18-9-8-10-20(13-18)32-5)15-25-23(24-3)29-11-12-30(22(31)17-29)19-14-26-27(4)16-19/h8-10,13-14,16,21H,6-7,11-12,15,17H2,1-5H3,(H,24,25). The van der Waals surface area contributed by atoms with Crippen LogP contribution in [-0.2, 0) is 11.8 Å². The minimum absolute atomic E-state index is 0.0419. The summed E-state index contributed by atoms with van der Waals surface area (Å²) in [5, 5.41) is 7.69. The number of guanidine groups is 1.